The third kappa shape index (κ3) is 5.60. The number of hydrogen-bond acceptors (Lipinski definition) is 3. The summed E-state index contributed by atoms with van der Waals surface area (Å²) in [6.45, 7) is -0.844. The highest BCUT2D eigenvalue weighted by atomic mass is 35.5. The lowest BCUT2D eigenvalue weighted by atomic mass is 9.74. The molecule has 180 valence electrons. The Bertz CT molecular complexity index is 1310. The Morgan fingerprint density at radius 3 is 2.29 bits per heavy atom. The second-order valence-corrected chi connectivity index (χ2v) is 8.73. The molecule has 0 aliphatic rings. The first kappa shape index (κ1) is 24.6. The molecule has 2 atom stereocenters. The number of halogens is 3. The van der Waals surface area contributed by atoms with Crippen molar-refractivity contribution in [1.29, 1.82) is 0 Å². The molecule has 0 saturated heterocycles. The maximum atomic E-state index is 12.7. The summed E-state index contributed by atoms with van der Waals surface area (Å²) in [5.74, 6) is -1.20. The first-order valence-corrected chi connectivity index (χ1v) is 11.7. The molecule has 0 bridgehead atoms. The fraction of sp³-hybridized carbons (Fsp3) is 0.214. The molecule has 3 aromatic carbocycles. The average molecular weight is 496 g/mol. The topological polar surface area (TPSA) is 59.4 Å². The fourth-order valence-corrected chi connectivity index (χ4v) is 4.72. The third-order valence-electron chi connectivity index (χ3n) is 6.10. The van der Waals surface area contributed by atoms with Crippen molar-refractivity contribution in [2.24, 2.45) is 0 Å². The van der Waals surface area contributed by atoms with Crippen LogP contribution in [-0.4, -0.2) is 22.7 Å². The summed E-state index contributed by atoms with van der Waals surface area (Å²) < 4.78 is 30.0. The molecular formula is C28H24ClF2NO3. The maximum absolute atomic E-state index is 12.7. The van der Waals surface area contributed by atoms with Gasteiger partial charge in [0.25, 0.3) is 0 Å². The Morgan fingerprint density at radius 2 is 1.66 bits per heavy atom. The molecule has 4 nitrogen and oxygen atoms in total. The first-order chi connectivity index (χ1) is 16.9. The van der Waals surface area contributed by atoms with E-state index in [4.69, 9.17) is 11.6 Å². The number of benzene rings is 3. The van der Waals surface area contributed by atoms with Crippen LogP contribution >= 0.6 is 11.6 Å². The number of carbonyl (C=O) groups is 1. The molecular weight excluding hydrogens is 472 g/mol. The molecule has 0 fully saturated rings. The summed E-state index contributed by atoms with van der Waals surface area (Å²) in [6.07, 6.45) is 1.75. The van der Waals surface area contributed by atoms with Gasteiger partial charge < -0.3 is 9.84 Å². The van der Waals surface area contributed by atoms with Crippen molar-refractivity contribution in [2.75, 3.05) is 0 Å². The minimum atomic E-state index is -2.95. The van der Waals surface area contributed by atoms with Gasteiger partial charge in [-0.15, -0.1) is 0 Å². The number of carboxylic acids is 1. The summed E-state index contributed by atoms with van der Waals surface area (Å²) >= 11 is 6.18. The van der Waals surface area contributed by atoms with Crippen LogP contribution in [0.2, 0.25) is 5.02 Å². The van der Waals surface area contributed by atoms with Crippen LogP contribution in [0.1, 0.15) is 58.6 Å². The molecule has 0 saturated carbocycles. The lowest BCUT2D eigenvalue weighted by molar-refractivity contribution is -0.0526. The van der Waals surface area contributed by atoms with Crippen molar-refractivity contribution in [2.45, 2.75) is 38.2 Å². The van der Waals surface area contributed by atoms with Gasteiger partial charge in [-0.1, -0.05) is 61.3 Å². The van der Waals surface area contributed by atoms with Crippen LogP contribution in [0.3, 0.4) is 0 Å². The lowest BCUT2D eigenvalue weighted by Crippen LogP contribution is -2.14. The van der Waals surface area contributed by atoms with E-state index in [0.29, 0.717) is 10.5 Å². The monoisotopic (exact) mass is 495 g/mol. The van der Waals surface area contributed by atoms with Gasteiger partial charge in [-0.05, 0) is 65.4 Å². The maximum Gasteiger partial charge on any atom is 0.388 e. The van der Waals surface area contributed by atoms with Crippen LogP contribution in [0, 0.1) is 0 Å². The number of hydrogen-bond donors (Lipinski definition) is 1. The Kier molecular flexibility index (Phi) is 7.61. The quantitative estimate of drug-likeness (QED) is 0.256. The van der Waals surface area contributed by atoms with E-state index < -0.39 is 12.6 Å². The number of nitrogens with zero attached hydrogens (tertiary/aromatic N) is 1. The number of fused-ring (bicyclic) bond motifs is 1. The molecule has 0 spiro atoms. The Morgan fingerprint density at radius 1 is 0.971 bits per heavy atom. The molecule has 1 aromatic heterocycles. The van der Waals surface area contributed by atoms with Gasteiger partial charge in [0.05, 0.1) is 11.1 Å². The number of ether oxygens (including phenoxy) is 1. The standard InChI is InChI=1S/C28H24ClF2NO3/c1-2-4-21(17-7-9-19(10-8-17)27(33)34)26(18-11-13-20(29)14-12-18)23-5-3-6-24-22(23)15-16-25(32-24)35-28(30)31/h3,5-16,21,26,28H,2,4H2,1H3,(H,33,34)/t21-,26?/m1/s1. The van der Waals surface area contributed by atoms with E-state index in [1.54, 1.807) is 24.3 Å². The van der Waals surface area contributed by atoms with Gasteiger partial charge in [-0.25, -0.2) is 9.78 Å². The fourth-order valence-electron chi connectivity index (χ4n) is 4.60. The third-order valence-corrected chi connectivity index (χ3v) is 6.35. The van der Waals surface area contributed by atoms with E-state index >= 15 is 0 Å². The molecule has 0 aliphatic carbocycles. The highest BCUT2D eigenvalue weighted by molar-refractivity contribution is 6.30. The second-order valence-electron chi connectivity index (χ2n) is 8.29. The minimum Gasteiger partial charge on any atom is -0.478 e. The Labute approximate surface area is 207 Å². The van der Waals surface area contributed by atoms with Crippen molar-refractivity contribution in [3.05, 3.63) is 106 Å². The Hall–Kier alpha value is -3.51. The van der Waals surface area contributed by atoms with E-state index in [2.05, 4.69) is 16.6 Å². The van der Waals surface area contributed by atoms with E-state index in [-0.39, 0.29) is 23.3 Å². The number of rotatable bonds is 9. The molecule has 0 amide bonds. The number of aromatic carboxylic acids is 1. The van der Waals surface area contributed by atoms with E-state index in [0.717, 1.165) is 34.9 Å². The van der Waals surface area contributed by atoms with Gasteiger partial charge >= 0.3 is 12.6 Å². The number of alkyl halides is 2. The molecule has 35 heavy (non-hydrogen) atoms. The van der Waals surface area contributed by atoms with Crippen LogP contribution < -0.4 is 4.74 Å². The zero-order valence-electron chi connectivity index (χ0n) is 19.0. The van der Waals surface area contributed by atoms with Gasteiger partial charge in [0.2, 0.25) is 5.88 Å². The highest BCUT2D eigenvalue weighted by Gasteiger charge is 2.28. The summed E-state index contributed by atoms with van der Waals surface area (Å²) in [4.78, 5) is 15.7. The van der Waals surface area contributed by atoms with Crippen LogP contribution in [0.4, 0.5) is 8.78 Å². The second kappa shape index (κ2) is 10.8. The molecule has 4 aromatic rings. The lowest BCUT2D eigenvalue weighted by Gasteiger charge is -2.30. The SMILES string of the molecule is CCC[C@H](c1ccc(C(=O)O)cc1)C(c1ccc(Cl)cc1)c1cccc2nc(OC(F)F)ccc12. The highest BCUT2D eigenvalue weighted by Crippen LogP contribution is 2.44. The molecule has 1 N–H and O–H groups in total. The van der Waals surface area contributed by atoms with Gasteiger partial charge in [0.1, 0.15) is 0 Å². The predicted molar refractivity (Wildman–Crippen MR) is 133 cm³/mol. The largest absolute Gasteiger partial charge is 0.478 e. The summed E-state index contributed by atoms with van der Waals surface area (Å²) in [7, 11) is 0. The summed E-state index contributed by atoms with van der Waals surface area (Å²) in [5, 5.41) is 10.8. The predicted octanol–water partition coefficient (Wildman–Crippen LogP) is 7.90. The van der Waals surface area contributed by atoms with Crippen LogP contribution in [0.5, 0.6) is 5.88 Å². The van der Waals surface area contributed by atoms with Crippen LogP contribution in [-0.2, 0) is 0 Å². The number of pyridine rings is 1. The number of aromatic nitrogens is 1. The van der Waals surface area contributed by atoms with Crippen molar-refractivity contribution in [1.82, 2.24) is 4.98 Å². The normalized spacial score (nSPS) is 13.1. The van der Waals surface area contributed by atoms with Crippen molar-refractivity contribution < 1.29 is 23.4 Å². The molecule has 0 aliphatic heterocycles. The van der Waals surface area contributed by atoms with E-state index in [9.17, 15) is 18.7 Å². The minimum absolute atomic E-state index is 0.0200. The average Bonchev–Trinajstić information content (AvgIpc) is 2.84. The van der Waals surface area contributed by atoms with Crippen molar-refractivity contribution in [3.63, 3.8) is 0 Å². The number of carboxylic acid groups (broad SMARTS) is 1. The first-order valence-electron chi connectivity index (χ1n) is 11.3. The molecule has 1 unspecified atom stereocenters. The van der Waals surface area contributed by atoms with E-state index in [1.165, 1.54) is 6.07 Å². The molecule has 4 rings (SSSR count). The zero-order valence-corrected chi connectivity index (χ0v) is 19.8. The molecule has 7 heteroatoms. The Balaban J connectivity index is 1.89. The van der Waals surface area contributed by atoms with Crippen molar-refractivity contribution in [3.8, 4) is 5.88 Å². The van der Waals surface area contributed by atoms with Gasteiger partial charge in [0, 0.05) is 22.4 Å². The summed E-state index contributed by atoms with van der Waals surface area (Å²) in [5.41, 5.74) is 3.82. The smallest absolute Gasteiger partial charge is 0.388 e. The van der Waals surface area contributed by atoms with Crippen molar-refractivity contribution >= 4 is 28.5 Å². The van der Waals surface area contributed by atoms with Gasteiger partial charge in [0.15, 0.2) is 0 Å². The van der Waals surface area contributed by atoms with Crippen LogP contribution in [0.15, 0.2) is 78.9 Å². The molecule has 0 radical (unpaired) electrons. The molecule has 1 heterocycles. The zero-order chi connectivity index (χ0) is 24.9. The summed E-state index contributed by atoms with van der Waals surface area (Å²) in [6, 6.07) is 23.5. The van der Waals surface area contributed by atoms with Gasteiger partial charge in [-0.2, -0.15) is 8.78 Å². The van der Waals surface area contributed by atoms with Gasteiger partial charge in [-0.3, -0.25) is 0 Å². The van der Waals surface area contributed by atoms with E-state index in [1.807, 2.05) is 48.5 Å². The van der Waals surface area contributed by atoms with Crippen LogP contribution in [0.25, 0.3) is 10.9 Å².